The Morgan fingerprint density at radius 3 is 2.09 bits per heavy atom. The quantitative estimate of drug-likeness (QED) is 0.209. The fraction of sp³-hybridized carbons (Fsp3) is 0.514. The third-order valence-electron chi connectivity index (χ3n) is 9.35. The Labute approximate surface area is 263 Å². The second-order valence-corrected chi connectivity index (χ2v) is 12.9. The smallest absolute Gasteiger partial charge is 0.331 e. The summed E-state index contributed by atoms with van der Waals surface area (Å²) in [5.41, 5.74) is -0.104. The van der Waals surface area contributed by atoms with E-state index in [4.69, 9.17) is 18.9 Å². The number of benzene rings is 1. The fourth-order valence-corrected chi connectivity index (χ4v) is 7.16. The minimum absolute atomic E-state index is 0.0359. The molecule has 1 fully saturated rings. The molecule has 0 amide bonds. The summed E-state index contributed by atoms with van der Waals surface area (Å²) in [5, 5.41) is 11.8. The highest BCUT2D eigenvalue weighted by Gasteiger charge is 2.58. The van der Waals surface area contributed by atoms with Crippen molar-refractivity contribution in [3.05, 3.63) is 64.8 Å². The number of carbonyl (C=O) groups is 5. The van der Waals surface area contributed by atoms with E-state index in [-0.39, 0.29) is 19.3 Å². The van der Waals surface area contributed by atoms with E-state index in [0.29, 0.717) is 16.7 Å². The molecular formula is C35H42O10. The van der Waals surface area contributed by atoms with Gasteiger partial charge in [-0.15, -0.1) is 0 Å². The molecule has 0 unspecified atom stereocenters. The number of fused-ring (bicyclic) bond motifs is 4. The molecule has 0 heterocycles. The maximum atomic E-state index is 14.7. The van der Waals surface area contributed by atoms with Crippen molar-refractivity contribution in [3.63, 3.8) is 0 Å². The first kappa shape index (κ1) is 33.8. The van der Waals surface area contributed by atoms with Crippen molar-refractivity contribution in [2.75, 3.05) is 0 Å². The molecule has 3 aliphatic rings. The van der Waals surface area contributed by atoms with Gasteiger partial charge in [-0.3, -0.25) is 19.2 Å². The van der Waals surface area contributed by atoms with Gasteiger partial charge in [0.1, 0.15) is 18.3 Å². The zero-order valence-electron chi connectivity index (χ0n) is 26.8. The number of ether oxygens (including phenoxy) is 4. The fourth-order valence-electron chi connectivity index (χ4n) is 7.16. The van der Waals surface area contributed by atoms with Gasteiger partial charge >= 0.3 is 23.9 Å². The molecule has 1 aromatic carbocycles. The average molecular weight is 623 g/mol. The maximum absolute atomic E-state index is 14.7. The first-order valence-electron chi connectivity index (χ1n) is 15.1. The Kier molecular flexibility index (Phi) is 9.87. The molecule has 242 valence electrons. The topological polar surface area (TPSA) is 143 Å². The van der Waals surface area contributed by atoms with Crippen molar-refractivity contribution in [3.8, 4) is 0 Å². The van der Waals surface area contributed by atoms with Crippen molar-refractivity contribution >= 4 is 35.7 Å². The second kappa shape index (κ2) is 13.1. The van der Waals surface area contributed by atoms with Gasteiger partial charge in [-0.25, -0.2) is 4.79 Å². The van der Waals surface area contributed by atoms with E-state index in [0.717, 1.165) is 5.56 Å². The van der Waals surface area contributed by atoms with E-state index < -0.39 is 76.9 Å². The summed E-state index contributed by atoms with van der Waals surface area (Å²) in [7, 11) is 0. The van der Waals surface area contributed by atoms with Crippen LogP contribution in [0.4, 0.5) is 0 Å². The number of ketones is 1. The van der Waals surface area contributed by atoms with Gasteiger partial charge in [0.25, 0.3) is 0 Å². The monoisotopic (exact) mass is 622 g/mol. The number of hydrogen-bond acceptors (Lipinski definition) is 10. The molecule has 7 atom stereocenters. The molecule has 45 heavy (non-hydrogen) atoms. The SMILES string of the molecule is CC(=O)O[C@H]1C(=O)[C@@]2(C)C/C(=C\[C@H](O)[C@@H]3C[C@H](OC(C)=O)C(C)=C1C3(C)C)[C@@H](OC(=O)/C=C/c1ccccc1)C[C@@H]2OC(C)=O. The Morgan fingerprint density at radius 2 is 1.49 bits per heavy atom. The first-order chi connectivity index (χ1) is 21.0. The van der Waals surface area contributed by atoms with Crippen molar-refractivity contribution < 1.29 is 48.0 Å². The largest absolute Gasteiger partial charge is 0.461 e. The normalized spacial score (nSPS) is 32.2. The van der Waals surface area contributed by atoms with Crippen LogP contribution in [-0.2, 0) is 42.9 Å². The number of aliphatic hydroxyl groups excluding tert-OH is 1. The van der Waals surface area contributed by atoms with Gasteiger partial charge in [0.2, 0.25) is 0 Å². The molecule has 1 aromatic rings. The van der Waals surface area contributed by atoms with Crippen LogP contribution in [0.2, 0.25) is 0 Å². The summed E-state index contributed by atoms with van der Waals surface area (Å²) in [6.07, 6.45) is -0.667. The highest BCUT2D eigenvalue weighted by molar-refractivity contribution is 5.95. The van der Waals surface area contributed by atoms with Crippen LogP contribution in [0.25, 0.3) is 6.08 Å². The molecule has 0 spiro atoms. The molecular weight excluding hydrogens is 580 g/mol. The Bertz CT molecular complexity index is 1450. The van der Waals surface area contributed by atoms with Crippen LogP contribution in [0.5, 0.6) is 0 Å². The third kappa shape index (κ3) is 7.11. The Balaban J connectivity index is 1.87. The molecule has 1 saturated carbocycles. The molecule has 10 heteroatoms. The van der Waals surface area contributed by atoms with Gasteiger partial charge in [0.15, 0.2) is 11.9 Å². The summed E-state index contributed by atoms with van der Waals surface area (Å²) in [4.78, 5) is 64.7. The lowest BCUT2D eigenvalue weighted by atomic mass is 9.57. The van der Waals surface area contributed by atoms with Gasteiger partial charge in [-0.2, -0.15) is 0 Å². The van der Waals surface area contributed by atoms with E-state index in [1.165, 1.54) is 26.8 Å². The van der Waals surface area contributed by atoms with Crippen molar-refractivity contribution in [2.24, 2.45) is 16.7 Å². The summed E-state index contributed by atoms with van der Waals surface area (Å²) in [6.45, 7) is 10.8. The predicted octanol–water partition coefficient (Wildman–Crippen LogP) is 4.44. The predicted molar refractivity (Wildman–Crippen MR) is 163 cm³/mol. The van der Waals surface area contributed by atoms with E-state index in [9.17, 15) is 29.1 Å². The number of rotatable bonds is 6. The summed E-state index contributed by atoms with van der Waals surface area (Å²) in [5.74, 6) is -3.63. The van der Waals surface area contributed by atoms with Gasteiger partial charge in [-0.05, 0) is 60.5 Å². The highest BCUT2D eigenvalue weighted by Crippen LogP contribution is 2.53. The van der Waals surface area contributed by atoms with Crippen LogP contribution < -0.4 is 0 Å². The standard InChI is InChI=1S/C35H42O10/c1-19-27(42-20(2)36)16-25-26(39)15-24-18-35(7,33(41)32(44-22(4)38)31(19)34(25,5)6)29(43-21(3)37)17-28(24)45-30(40)14-13-23-11-9-8-10-12-23/h8-15,25-29,32,39H,16-18H2,1-7H3/b14-13+,24-15+/t25-,26-,27-,28-,29-,32+,35-/m0/s1. The highest BCUT2D eigenvalue weighted by atomic mass is 16.6. The van der Waals surface area contributed by atoms with Gasteiger partial charge < -0.3 is 24.1 Å². The lowest BCUT2D eigenvalue weighted by Crippen LogP contribution is -2.57. The second-order valence-electron chi connectivity index (χ2n) is 12.9. The number of Topliss-reactive ketones (excluding diaryl/α,β-unsaturated/α-hetero) is 1. The van der Waals surface area contributed by atoms with E-state index in [1.807, 2.05) is 44.2 Å². The van der Waals surface area contributed by atoms with Gasteiger partial charge in [-0.1, -0.05) is 50.3 Å². The van der Waals surface area contributed by atoms with Crippen LogP contribution >= 0.6 is 0 Å². The molecule has 3 aliphatic carbocycles. The van der Waals surface area contributed by atoms with Gasteiger partial charge in [0, 0.05) is 39.2 Å². The van der Waals surface area contributed by atoms with Gasteiger partial charge in [0.05, 0.1) is 11.5 Å². The minimum atomic E-state index is -1.44. The number of esters is 4. The lowest BCUT2D eigenvalue weighted by molar-refractivity contribution is -0.172. The summed E-state index contributed by atoms with van der Waals surface area (Å²) in [6, 6.07) is 9.19. The molecule has 4 bridgehead atoms. The number of carbonyl (C=O) groups excluding carboxylic acids is 5. The third-order valence-corrected chi connectivity index (χ3v) is 9.35. The summed E-state index contributed by atoms with van der Waals surface area (Å²) < 4.78 is 23.0. The minimum Gasteiger partial charge on any atom is -0.461 e. The molecule has 4 rings (SSSR count). The van der Waals surface area contributed by atoms with E-state index in [1.54, 1.807) is 26.0 Å². The van der Waals surface area contributed by atoms with Crippen molar-refractivity contribution in [1.29, 1.82) is 0 Å². The van der Waals surface area contributed by atoms with Crippen LogP contribution in [0.15, 0.2) is 59.2 Å². The summed E-state index contributed by atoms with van der Waals surface area (Å²) >= 11 is 0. The average Bonchev–Trinajstić information content (AvgIpc) is 2.94. The first-order valence-corrected chi connectivity index (χ1v) is 15.1. The zero-order valence-corrected chi connectivity index (χ0v) is 26.8. The number of hydrogen-bond donors (Lipinski definition) is 1. The maximum Gasteiger partial charge on any atom is 0.331 e. The zero-order chi connectivity index (χ0) is 33.3. The Morgan fingerprint density at radius 1 is 0.867 bits per heavy atom. The van der Waals surface area contributed by atoms with Crippen LogP contribution in [0.3, 0.4) is 0 Å². The van der Waals surface area contributed by atoms with Crippen molar-refractivity contribution in [2.45, 2.75) is 98.2 Å². The van der Waals surface area contributed by atoms with Crippen LogP contribution in [0.1, 0.15) is 73.3 Å². The number of aliphatic hydroxyl groups is 1. The molecule has 1 N–H and O–H groups in total. The molecule has 0 aromatic heterocycles. The lowest BCUT2D eigenvalue weighted by Gasteiger charge is -2.51. The van der Waals surface area contributed by atoms with Crippen LogP contribution in [-0.4, -0.2) is 65.3 Å². The molecule has 10 nitrogen and oxygen atoms in total. The Hall–Kier alpha value is -4.05. The molecule has 0 radical (unpaired) electrons. The molecule has 0 saturated heterocycles. The molecule has 0 aliphatic heterocycles. The van der Waals surface area contributed by atoms with E-state index >= 15 is 0 Å². The van der Waals surface area contributed by atoms with Crippen LogP contribution in [0, 0.1) is 16.7 Å². The van der Waals surface area contributed by atoms with Crippen molar-refractivity contribution in [1.82, 2.24) is 0 Å². The van der Waals surface area contributed by atoms with E-state index in [2.05, 4.69) is 0 Å².